The molecule has 1 aromatic heterocycles. The Kier molecular flexibility index (Phi) is 10.3. The molecule has 2 aliphatic rings. The summed E-state index contributed by atoms with van der Waals surface area (Å²) in [6.45, 7) is 6.84. The summed E-state index contributed by atoms with van der Waals surface area (Å²) < 4.78 is 41.4. The van der Waals surface area contributed by atoms with Crippen molar-refractivity contribution in [1.82, 2.24) is 24.6 Å². The molecule has 13 heteroatoms. The molecule has 0 unspecified atom stereocenters. The number of amides is 2. The quantitative estimate of drug-likeness (QED) is 0.194. The van der Waals surface area contributed by atoms with Crippen molar-refractivity contribution in [3.63, 3.8) is 0 Å². The third-order valence-corrected chi connectivity index (χ3v) is 9.34. The number of nitrogens with zero attached hydrogens (tertiary/aromatic N) is 3. The number of aromatic nitrogens is 1. The predicted molar refractivity (Wildman–Crippen MR) is 152 cm³/mol. The molecule has 1 fully saturated rings. The molecule has 0 spiro atoms. The topological polar surface area (TPSA) is 142 Å². The monoisotopic (exact) mass is 587 g/mol. The first-order valence-corrected chi connectivity index (χ1v) is 14.9. The van der Waals surface area contributed by atoms with Gasteiger partial charge in [0.25, 0.3) is 0 Å². The summed E-state index contributed by atoms with van der Waals surface area (Å²) >= 11 is 0. The number of carbonyl (C=O) groups excluding carboxylic acids is 2. The highest BCUT2D eigenvalue weighted by atomic mass is 32.2. The molecule has 222 valence electrons. The summed E-state index contributed by atoms with van der Waals surface area (Å²) in [5, 5.41) is 11.4. The minimum Gasteiger partial charge on any atom is -0.497 e. The molecule has 3 heterocycles. The molecule has 0 radical (unpaired) electrons. The fourth-order valence-electron chi connectivity index (χ4n) is 5.30. The van der Waals surface area contributed by atoms with Gasteiger partial charge in [-0.15, -0.1) is 0 Å². The van der Waals surface area contributed by atoms with E-state index in [1.54, 1.807) is 35.7 Å². The van der Waals surface area contributed by atoms with Crippen LogP contribution in [0.15, 0.2) is 53.4 Å². The van der Waals surface area contributed by atoms with Crippen molar-refractivity contribution in [2.75, 3.05) is 46.5 Å². The van der Waals surface area contributed by atoms with E-state index in [4.69, 9.17) is 19.5 Å². The normalized spacial score (nSPS) is 17.7. The molecule has 0 aliphatic carbocycles. The van der Waals surface area contributed by atoms with Gasteiger partial charge in [0.1, 0.15) is 12.3 Å². The first-order valence-electron chi connectivity index (χ1n) is 13.4. The molecule has 41 heavy (non-hydrogen) atoms. The van der Waals surface area contributed by atoms with Gasteiger partial charge in [0, 0.05) is 48.8 Å². The molecular formula is C28H37N5O7S. The van der Waals surface area contributed by atoms with Crippen molar-refractivity contribution < 1.29 is 32.7 Å². The fourth-order valence-corrected chi connectivity index (χ4v) is 6.89. The van der Waals surface area contributed by atoms with Crippen LogP contribution in [0.3, 0.4) is 0 Å². The molecule has 1 saturated heterocycles. The largest absolute Gasteiger partial charge is 0.497 e. The van der Waals surface area contributed by atoms with Gasteiger partial charge in [-0.1, -0.05) is 18.2 Å². The number of para-hydroxylation sites is 1. The van der Waals surface area contributed by atoms with Gasteiger partial charge in [-0.3, -0.25) is 19.7 Å². The average Bonchev–Trinajstić information content (AvgIpc) is 3.29. The molecule has 2 aliphatic heterocycles. The van der Waals surface area contributed by atoms with Crippen molar-refractivity contribution >= 4 is 33.2 Å². The standard InChI is InChI=1S/C27H34N4O5S.CH3NO2/c1-20-17-24-23-5-3-4-6-25(23)30(19-27(32)28-11-12-29-13-15-36-16-14-29)26(24)18-31(20)37(33,34)22-9-7-21(35-2)8-10-22;3-1-2-4/h3-10,20H,11-19H2,1-2H3,(H,28,32);1,4H,(H,2,3)/t20-;/m1./s1. The van der Waals surface area contributed by atoms with Crippen LogP contribution in [0, 0.1) is 0 Å². The zero-order valence-corrected chi connectivity index (χ0v) is 24.1. The average molecular weight is 588 g/mol. The van der Waals surface area contributed by atoms with E-state index in [1.807, 2.05) is 29.7 Å². The van der Waals surface area contributed by atoms with E-state index >= 15 is 0 Å². The summed E-state index contributed by atoms with van der Waals surface area (Å²) in [6, 6.07) is 14.2. The van der Waals surface area contributed by atoms with Crippen molar-refractivity contribution in [1.29, 1.82) is 0 Å². The minimum absolute atomic E-state index is 0.0833. The van der Waals surface area contributed by atoms with Gasteiger partial charge in [0.05, 0.1) is 31.8 Å². The van der Waals surface area contributed by atoms with Gasteiger partial charge in [-0.2, -0.15) is 4.31 Å². The summed E-state index contributed by atoms with van der Waals surface area (Å²) in [5.74, 6) is 0.521. The number of carbonyl (C=O) groups is 2. The molecule has 3 N–H and O–H groups in total. The van der Waals surface area contributed by atoms with Gasteiger partial charge >= 0.3 is 0 Å². The summed E-state index contributed by atoms with van der Waals surface area (Å²) in [5.41, 5.74) is 4.19. The number of sulfonamides is 1. The highest BCUT2D eigenvalue weighted by Gasteiger charge is 2.36. The van der Waals surface area contributed by atoms with Crippen LogP contribution in [0.5, 0.6) is 5.75 Å². The number of hydroxylamine groups is 1. The molecule has 1 atom stereocenters. The second-order valence-corrected chi connectivity index (χ2v) is 11.7. The number of rotatable bonds is 9. The Bertz CT molecular complexity index is 1440. The van der Waals surface area contributed by atoms with Crippen molar-refractivity contribution in [2.24, 2.45) is 0 Å². The van der Waals surface area contributed by atoms with Crippen LogP contribution in [-0.2, 0) is 43.9 Å². The van der Waals surface area contributed by atoms with Crippen LogP contribution >= 0.6 is 0 Å². The highest BCUT2D eigenvalue weighted by Crippen LogP contribution is 2.35. The lowest BCUT2D eigenvalue weighted by Gasteiger charge is -2.33. The Labute approximate surface area is 239 Å². The molecule has 2 amide bonds. The summed E-state index contributed by atoms with van der Waals surface area (Å²) in [6.07, 6.45) is 0.761. The number of fused-ring (bicyclic) bond motifs is 3. The maximum Gasteiger partial charge on any atom is 0.243 e. The smallest absolute Gasteiger partial charge is 0.243 e. The van der Waals surface area contributed by atoms with Crippen molar-refractivity contribution in [2.45, 2.75) is 37.4 Å². The second kappa shape index (κ2) is 13.9. The lowest BCUT2D eigenvalue weighted by molar-refractivity contribution is -0.121. The Morgan fingerprint density at radius 2 is 1.83 bits per heavy atom. The van der Waals surface area contributed by atoms with Crippen molar-refractivity contribution in [3.8, 4) is 5.75 Å². The summed E-state index contributed by atoms with van der Waals surface area (Å²) in [4.78, 5) is 24.3. The van der Waals surface area contributed by atoms with Crippen LogP contribution in [0.2, 0.25) is 0 Å². The third-order valence-electron chi connectivity index (χ3n) is 7.37. The minimum atomic E-state index is -3.74. The number of methoxy groups -OCH3 is 1. The Balaban J connectivity index is 0.000000909. The Morgan fingerprint density at radius 3 is 2.49 bits per heavy atom. The first-order chi connectivity index (χ1) is 19.8. The number of ether oxygens (including phenoxy) is 2. The highest BCUT2D eigenvalue weighted by molar-refractivity contribution is 7.89. The molecule has 12 nitrogen and oxygen atoms in total. The molecule has 5 rings (SSSR count). The van der Waals surface area contributed by atoms with Crippen molar-refractivity contribution in [3.05, 3.63) is 59.8 Å². The van der Waals surface area contributed by atoms with E-state index in [9.17, 15) is 13.2 Å². The van der Waals surface area contributed by atoms with E-state index in [0.717, 1.165) is 55.0 Å². The molecular weight excluding hydrogens is 550 g/mol. The van der Waals surface area contributed by atoms with Gasteiger partial charge in [-0.05, 0) is 49.2 Å². The Hall–Kier alpha value is -3.49. The lowest BCUT2D eigenvalue weighted by Crippen LogP contribution is -2.43. The van der Waals surface area contributed by atoms with E-state index in [1.165, 1.54) is 5.48 Å². The lowest BCUT2D eigenvalue weighted by atomic mass is 10.00. The van der Waals surface area contributed by atoms with E-state index in [-0.39, 0.29) is 36.3 Å². The molecule has 2 aromatic carbocycles. The van der Waals surface area contributed by atoms with Crippen LogP contribution in [-0.4, -0.2) is 92.3 Å². The van der Waals surface area contributed by atoms with Gasteiger partial charge < -0.3 is 19.4 Å². The zero-order valence-electron chi connectivity index (χ0n) is 23.3. The SMILES string of the molecule is COc1ccc(S(=O)(=O)N2Cc3c(c4ccccc4n3CC(=O)NCCN3CCOCC3)C[C@H]2C)cc1.O=CNO. The Morgan fingerprint density at radius 1 is 1.15 bits per heavy atom. The second-order valence-electron chi connectivity index (χ2n) is 9.86. The van der Waals surface area contributed by atoms with Crippen LogP contribution in [0.4, 0.5) is 0 Å². The van der Waals surface area contributed by atoms with Gasteiger partial charge in [0.2, 0.25) is 22.3 Å². The number of nitrogens with one attached hydrogen (secondary N) is 2. The third kappa shape index (κ3) is 7.05. The number of benzene rings is 2. The maximum atomic E-state index is 13.6. The number of hydrogen-bond acceptors (Lipinski definition) is 8. The van der Waals surface area contributed by atoms with Gasteiger partial charge in [0.15, 0.2) is 0 Å². The van der Waals surface area contributed by atoms with Crippen LogP contribution in [0.25, 0.3) is 10.9 Å². The molecule has 3 aromatic rings. The maximum absolute atomic E-state index is 13.6. The van der Waals surface area contributed by atoms with E-state index in [2.05, 4.69) is 16.3 Å². The van der Waals surface area contributed by atoms with E-state index < -0.39 is 10.0 Å². The van der Waals surface area contributed by atoms with Crippen LogP contribution < -0.4 is 15.5 Å². The first kappa shape index (κ1) is 30.5. The van der Waals surface area contributed by atoms with E-state index in [0.29, 0.717) is 18.7 Å². The van der Waals surface area contributed by atoms with Gasteiger partial charge in [-0.25, -0.2) is 13.9 Å². The summed E-state index contributed by atoms with van der Waals surface area (Å²) in [7, 11) is -2.19. The molecule has 0 bridgehead atoms. The molecule has 0 saturated carbocycles. The predicted octanol–water partition coefficient (Wildman–Crippen LogP) is 1.36. The number of hydrogen-bond donors (Lipinski definition) is 3. The fraction of sp³-hybridized carbons (Fsp3) is 0.429. The zero-order chi connectivity index (χ0) is 29.4. The number of morpholine rings is 1. The van der Waals surface area contributed by atoms with Crippen LogP contribution in [0.1, 0.15) is 18.2 Å².